The summed E-state index contributed by atoms with van der Waals surface area (Å²) in [6.07, 6.45) is 0.308. The Hall–Kier alpha value is -2.82. The van der Waals surface area contributed by atoms with E-state index >= 15 is 0 Å². The van der Waals surface area contributed by atoms with Gasteiger partial charge < -0.3 is 9.80 Å². The van der Waals surface area contributed by atoms with Gasteiger partial charge in [-0.15, -0.1) is 0 Å². The highest BCUT2D eigenvalue weighted by Crippen LogP contribution is 2.39. The molecule has 2 aromatic rings. The molecule has 1 aliphatic heterocycles. The van der Waals surface area contributed by atoms with Crippen molar-refractivity contribution in [2.45, 2.75) is 37.4 Å². The van der Waals surface area contributed by atoms with Gasteiger partial charge in [0.05, 0.1) is 17.2 Å². The third-order valence-electron chi connectivity index (χ3n) is 5.47. The summed E-state index contributed by atoms with van der Waals surface area (Å²) < 4.78 is 39.7. The zero-order valence-corrected chi connectivity index (χ0v) is 15.4. The maximum atomic E-state index is 13.2. The lowest BCUT2D eigenvalue weighted by Gasteiger charge is -2.27. The van der Waals surface area contributed by atoms with Crippen molar-refractivity contribution in [3.8, 4) is 6.07 Å². The fraction of sp³-hybridized carbons (Fsp3) is 0.450. The molecule has 5 nitrogen and oxygen atoms in total. The number of hydrogen-bond acceptors (Lipinski definition) is 5. The maximum Gasteiger partial charge on any atom is 0.417 e. The van der Waals surface area contributed by atoms with Crippen molar-refractivity contribution in [2.24, 2.45) is 0 Å². The molecule has 0 radical (unpaired) electrons. The molecule has 0 bridgehead atoms. The number of anilines is 2. The molecule has 1 atom stereocenters. The Kier molecular flexibility index (Phi) is 4.61. The van der Waals surface area contributed by atoms with E-state index in [0.717, 1.165) is 37.0 Å². The molecule has 1 saturated carbocycles. The first-order valence-electron chi connectivity index (χ1n) is 9.29. The van der Waals surface area contributed by atoms with Crippen LogP contribution in [0.1, 0.15) is 42.1 Å². The number of hydrogen-bond donors (Lipinski definition) is 0. The Morgan fingerprint density at radius 2 is 2.00 bits per heavy atom. The summed E-state index contributed by atoms with van der Waals surface area (Å²) >= 11 is 0. The fourth-order valence-corrected chi connectivity index (χ4v) is 3.64. The lowest BCUT2D eigenvalue weighted by atomic mass is 10.1. The van der Waals surface area contributed by atoms with Crippen molar-refractivity contribution in [2.75, 3.05) is 29.9 Å². The van der Waals surface area contributed by atoms with Crippen LogP contribution >= 0.6 is 0 Å². The van der Waals surface area contributed by atoms with Crippen LogP contribution in [0.2, 0.25) is 0 Å². The van der Waals surface area contributed by atoms with Gasteiger partial charge in [0.2, 0.25) is 0 Å². The zero-order chi connectivity index (χ0) is 19.9. The minimum atomic E-state index is -4.54. The topological polar surface area (TPSA) is 56.1 Å². The van der Waals surface area contributed by atoms with E-state index in [1.165, 1.54) is 6.07 Å². The highest BCUT2D eigenvalue weighted by molar-refractivity contribution is 5.56. The molecule has 1 aromatic carbocycles. The number of aromatic nitrogens is 2. The lowest BCUT2D eigenvalue weighted by molar-refractivity contribution is -0.137. The summed E-state index contributed by atoms with van der Waals surface area (Å²) in [4.78, 5) is 13.0. The zero-order valence-electron chi connectivity index (χ0n) is 15.4. The van der Waals surface area contributed by atoms with Crippen LogP contribution in [0.4, 0.5) is 24.7 Å². The third kappa shape index (κ3) is 3.61. The van der Waals surface area contributed by atoms with E-state index in [0.29, 0.717) is 24.7 Å². The second-order valence-electron chi connectivity index (χ2n) is 7.39. The van der Waals surface area contributed by atoms with Gasteiger partial charge in [0.15, 0.2) is 0 Å². The average molecular weight is 387 g/mol. The van der Waals surface area contributed by atoms with Crippen LogP contribution in [0.5, 0.6) is 0 Å². The van der Waals surface area contributed by atoms with Crippen LogP contribution < -0.4 is 9.80 Å². The number of rotatable bonds is 4. The first kappa shape index (κ1) is 18.5. The van der Waals surface area contributed by atoms with Gasteiger partial charge >= 0.3 is 6.18 Å². The van der Waals surface area contributed by atoms with Crippen LogP contribution in [0, 0.1) is 11.3 Å². The summed E-state index contributed by atoms with van der Waals surface area (Å²) in [6.45, 7) is 1.25. The van der Waals surface area contributed by atoms with E-state index in [2.05, 4.69) is 14.9 Å². The maximum absolute atomic E-state index is 13.2. The van der Waals surface area contributed by atoms with Gasteiger partial charge in [0.25, 0.3) is 0 Å². The summed E-state index contributed by atoms with van der Waals surface area (Å²) in [5.41, 5.74) is -0.740. The molecule has 1 unspecified atom stereocenters. The molecule has 2 heterocycles. The molecule has 1 saturated heterocycles. The number of likely N-dealkylation sites (N-methyl/N-ethyl adjacent to an activating group) is 1. The minimum Gasteiger partial charge on any atom is -0.369 e. The normalized spacial score (nSPS) is 19.5. The molecular formula is C20H20F3N5. The Morgan fingerprint density at radius 1 is 1.21 bits per heavy atom. The molecule has 8 heteroatoms. The number of nitrogens with zero attached hydrogens (tertiary/aromatic N) is 5. The second kappa shape index (κ2) is 6.97. The Bertz CT molecular complexity index is 917. The van der Waals surface area contributed by atoms with Gasteiger partial charge in [-0.25, -0.2) is 9.97 Å². The summed E-state index contributed by atoms with van der Waals surface area (Å²) in [5, 5.41) is 8.96. The van der Waals surface area contributed by atoms with Gasteiger partial charge in [0, 0.05) is 44.0 Å². The largest absolute Gasteiger partial charge is 0.417 e. The molecule has 28 heavy (non-hydrogen) atoms. The third-order valence-corrected chi connectivity index (χ3v) is 5.47. The van der Waals surface area contributed by atoms with Crippen LogP contribution in [0.15, 0.2) is 30.5 Å². The van der Waals surface area contributed by atoms with Crippen LogP contribution in [0.25, 0.3) is 0 Å². The van der Waals surface area contributed by atoms with Crippen molar-refractivity contribution < 1.29 is 13.2 Å². The van der Waals surface area contributed by atoms with Gasteiger partial charge in [0.1, 0.15) is 11.6 Å². The van der Waals surface area contributed by atoms with Gasteiger partial charge in [-0.3, -0.25) is 0 Å². The molecule has 4 rings (SSSR count). The number of halogens is 3. The van der Waals surface area contributed by atoms with E-state index in [-0.39, 0.29) is 11.6 Å². The van der Waals surface area contributed by atoms with E-state index in [1.54, 1.807) is 18.3 Å². The number of nitriles is 1. The fourth-order valence-electron chi connectivity index (χ4n) is 3.64. The van der Waals surface area contributed by atoms with Crippen LogP contribution in [-0.4, -0.2) is 36.1 Å². The van der Waals surface area contributed by atoms with Crippen molar-refractivity contribution in [1.82, 2.24) is 9.97 Å². The van der Waals surface area contributed by atoms with Crippen molar-refractivity contribution in [1.29, 1.82) is 5.26 Å². The first-order chi connectivity index (χ1) is 13.4. The SMILES string of the molecule is CN(c1ccnc(C2CC2)n1)C1CCN(c2ccc(C#N)c(C(F)(F)F)c2)C1. The van der Waals surface area contributed by atoms with Crippen LogP contribution in [-0.2, 0) is 6.18 Å². The van der Waals surface area contributed by atoms with E-state index in [9.17, 15) is 13.2 Å². The standard InChI is InChI=1S/C20H20F3N5/c1-27(18-6-8-25-19(26-18)13-2-3-13)16-7-9-28(12-16)15-5-4-14(11-24)17(10-15)20(21,22)23/h4-6,8,10,13,16H,2-3,7,9,12H2,1H3. The van der Waals surface area contributed by atoms with Gasteiger partial charge in [-0.2, -0.15) is 18.4 Å². The molecule has 0 amide bonds. The molecule has 146 valence electrons. The minimum absolute atomic E-state index is 0.145. The Balaban J connectivity index is 1.51. The van der Waals surface area contributed by atoms with E-state index in [4.69, 9.17) is 5.26 Å². The van der Waals surface area contributed by atoms with Crippen LogP contribution in [0.3, 0.4) is 0 Å². The van der Waals surface area contributed by atoms with E-state index in [1.807, 2.05) is 18.0 Å². The number of alkyl halides is 3. The monoisotopic (exact) mass is 387 g/mol. The molecule has 0 N–H and O–H groups in total. The van der Waals surface area contributed by atoms with Crippen molar-refractivity contribution in [3.63, 3.8) is 0 Å². The van der Waals surface area contributed by atoms with Gasteiger partial charge in [-0.05, 0) is 43.5 Å². The second-order valence-corrected chi connectivity index (χ2v) is 7.39. The molecule has 1 aliphatic carbocycles. The highest BCUT2D eigenvalue weighted by Gasteiger charge is 2.35. The average Bonchev–Trinajstić information content (AvgIpc) is 3.43. The number of benzene rings is 1. The van der Waals surface area contributed by atoms with Crippen molar-refractivity contribution in [3.05, 3.63) is 47.4 Å². The summed E-state index contributed by atoms with van der Waals surface area (Å²) in [6, 6.07) is 7.57. The Morgan fingerprint density at radius 3 is 2.68 bits per heavy atom. The highest BCUT2D eigenvalue weighted by atomic mass is 19.4. The molecule has 2 fully saturated rings. The summed E-state index contributed by atoms with van der Waals surface area (Å²) in [7, 11) is 1.97. The first-order valence-corrected chi connectivity index (χ1v) is 9.29. The van der Waals surface area contributed by atoms with E-state index < -0.39 is 11.7 Å². The molecular weight excluding hydrogens is 367 g/mol. The summed E-state index contributed by atoms with van der Waals surface area (Å²) in [5.74, 6) is 2.19. The van der Waals surface area contributed by atoms with Gasteiger partial charge in [-0.1, -0.05) is 0 Å². The molecule has 2 aliphatic rings. The molecule has 0 spiro atoms. The Labute approximate surface area is 161 Å². The predicted octanol–water partition coefficient (Wildman–Crippen LogP) is 3.96. The lowest BCUT2D eigenvalue weighted by Crippen LogP contribution is -2.35. The quantitative estimate of drug-likeness (QED) is 0.795. The van der Waals surface area contributed by atoms with Crippen molar-refractivity contribution >= 4 is 11.5 Å². The predicted molar refractivity (Wildman–Crippen MR) is 99.2 cm³/mol. The molecule has 1 aromatic heterocycles. The smallest absolute Gasteiger partial charge is 0.369 e.